The lowest BCUT2D eigenvalue weighted by atomic mass is 9.99. The number of hydrogen-bond acceptors (Lipinski definition) is 3. The summed E-state index contributed by atoms with van der Waals surface area (Å²) in [4.78, 5) is 21.5. The molecule has 0 aromatic heterocycles. The van der Waals surface area contributed by atoms with Crippen LogP contribution in [-0.4, -0.2) is 29.6 Å². The number of carboxylic acids is 1. The molecule has 0 unspecified atom stereocenters. The van der Waals surface area contributed by atoms with Crippen molar-refractivity contribution in [3.05, 3.63) is 0 Å². The number of rotatable bonds is 5. The normalized spacial score (nSPS) is 14.7. The van der Waals surface area contributed by atoms with Gasteiger partial charge in [0.15, 0.2) is 0 Å². The minimum absolute atomic E-state index is 0.0898. The van der Waals surface area contributed by atoms with Gasteiger partial charge in [-0.25, -0.2) is 4.79 Å². The molecule has 1 amide bonds. The van der Waals surface area contributed by atoms with E-state index < -0.39 is 17.9 Å². The molecule has 13 heavy (non-hydrogen) atoms. The van der Waals surface area contributed by atoms with Gasteiger partial charge in [0, 0.05) is 0 Å². The summed E-state index contributed by atoms with van der Waals surface area (Å²) >= 11 is 0. The Balaban J connectivity index is 4.26. The molecule has 4 N–H and O–H groups in total. The summed E-state index contributed by atoms with van der Waals surface area (Å²) in [6.45, 7) is 3.46. The van der Waals surface area contributed by atoms with Gasteiger partial charge >= 0.3 is 5.97 Å². The first-order valence-corrected chi connectivity index (χ1v) is 4.25. The molecule has 76 valence electrons. The molecule has 0 aliphatic heterocycles. The lowest BCUT2D eigenvalue weighted by molar-refractivity contribution is -0.143. The van der Waals surface area contributed by atoms with Gasteiger partial charge < -0.3 is 16.2 Å². The SMILES string of the molecule is CC[C@@H](C)[C@H](NC(=O)CN)C(=O)O. The number of hydrogen-bond donors (Lipinski definition) is 3. The Hall–Kier alpha value is -1.10. The van der Waals surface area contributed by atoms with Gasteiger partial charge in [0.05, 0.1) is 6.54 Å². The predicted octanol–water partition coefficient (Wildman–Crippen LogP) is -0.439. The molecule has 0 radical (unpaired) electrons. The van der Waals surface area contributed by atoms with Crippen molar-refractivity contribution in [2.45, 2.75) is 26.3 Å². The molecule has 0 aliphatic carbocycles. The average molecular weight is 188 g/mol. The van der Waals surface area contributed by atoms with Gasteiger partial charge in [-0.3, -0.25) is 4.79 Å². The summed E-state index contributed by atoms with van der Waals surface area (Å²) < 4.78 is 0. The van der Waals surface area contributed by atoms with Crippen LogP contribution in [-0.2, 0) is 9.59 Å². The fourth-order valence-corrected chi connectivity index (χ4v) is 0.915. The topological polar surface area (TPSA) is 92.4 Å². The fourth-order valence-electron chi connectivity index (χ4n) is 0.915. The Morgan fingerprint density at radius 1 is 1.54 bits per heavy atom. The Kier molecular flexibility index (Phi) is 5.06. The second-order valence-electron chi connectivity index (χ2n) is 2.97. The van der Waals surface area contributed by atoms with E-state index in [4.69, 9.17) is 10.8 Å². The quantitative estimate of drug-likeness (QED) is 0.545. The van der Waals surface area contributed by atoms with Crippen LogP contribution in [0, 0.1) is 5.92 Å². The summed E-state index contributed by atoms with van der Waals surface area (Å²) in [5.41, 5.74) is 5.06. The minimum Gasteiger partial charge on any atom is -0.480 e. The highest BCUT2D eigenvalue weighted by Gasteiger charge is 2.24. The van der Waals surface area contributed by atoms with Gasteiger partial charge in [0.2, 0.25) is 5.91 Å². The van der Waals surface area contributed by atoms with Crippen LogP contribution in [0.4, 0.5) is 0 Å². The molecule has 5 heteroatoms. The summed E-state index contributed by atoms with van der Waals surface area (Å²) in [6.07, 6.45) is 0.696. The third-order valence-corrected chi connectivity index (χ3v) is 1.98. The monoisotopic (exact) mass is 188 g/mol. The van der Waals surface area contributed by atoms with Crippen molar-refractivity contribution in [1.82, 2.24) is 5.32 Å². The molecular formula is C8H16N2O3. The van der Waals surface area contributed by atoms with Gasteiger partial charge in [0.1, 0.15) is 6.04 Å². The summed E-state index contributed by atoms with van der Waals surface area (Å²) in [7, 11) is 0. The first kappa shape index (κ1) is 11.9. The largest absolute Gasteiger partial charge is 0.480 e. The molecule has 0 bridgehead atoms. The molecule has 0 saturated carbocycles. The Morgan fingerprint density at radius 2 is 2.08 bits per heavy atom. The van der Waals surface area contributed by atoms with Crippen molar-refractivity contribution in [3.63, 3.8) is 0 Å². The van der Waals surface area contributed by atoms with E-state index in [0.29, 0.717) is 6.42 Å². The van der Waals surface area contributed by atoms with Crippen molar-refractivity contribution in [3.8, 4) is 0 Å². The van der Waals surface area contributed by atoms with Crippen LogP contribution in [0.1, 0.15) is 20.3 Å². The number of nitrogens with two attached hydrogens (primary N) is 1. The fraction of sp³-hybridized carbons (Fsp3) is 0.750. The zero-order valence-electron chi connectivity index (χ0n) is 7.91. The highest BCUT2D eigenvalue weighted by atomic mass is 16.4. The summed E-state index contributed by atoms with van der Waals surface area (Å²) in [5.74, 6) is -1.54. The van der Waals surface area contributed by atoms with E-state index >= 15 is 0 Å². The first-order chi connectivity index (χ1) is 6.02. The van der Waals surface area contributed by atoms with E-state index in [2.05, 4.69) is 5.32 Å². The number of carbonyl (C=O) groups excluding carboxylic acids is 1. The average Bonchev–Trinajstić information content (AvgIpc) is 2.11. The van der Waals surface area contributed by atoms with Crippen molar-refractivity contribution in [2.75, 3.05) is 6.54 Å². The molecule has 0 saturated heterocycles. The standard InChI is InChI=1S/C8H16N2O3/c1-3-5(2)7(8(12)13)10-6(11)4-9/h5,7H,3-4,9H2,1-2H3,(H,10,11)(H,12,13)/t5-,7+/m1/s1. The zero-order chi connectivity index (χ0) is 10.4. The molecule has 0 spiro atoms. The molecule has 5 nitrogen and oxygen atoms in total. The van der Waals surface area contributed by atoms with Crippen molar-refractivity contribution in [1.29, 1.82) is 0 Å². The number of carboxylic acid groups (broad SMARTS) is 1. The molecule has 0 heterocycles. The Morgan fingerprint density at radius 3 is 2.38 bits per heavy atom. The first-order valence-electron chi connectivity index (χ1n) is 4.25. The molecular weight excluding hydrogens is 172 g/mol. The number of amides is 1. The molecule has 0 aliphatic rings. The number of aliphatic carboxylic acids is 1. The van der Waals surface area contributed by atoms with Crippen LogP contribution in [0.2, 0.25) is 0 Å². The summed E-state index contributed by atoms with van der Waals surface area (Å²) in [6, 6.07) is -0.832. The highest BCUT2D eigenvalue weighted by molar-refractivity contribution is 5.84. The number of carbonyl (C=O) groups is 2. The van der Waals surface area contributed by atoms with Crippen LogP contribution < -0.4 is 11.1 Å². The van der Waals surface area contributed by atoms with Crippen LogP contribution in [0.5, 0.6) is 0 Å². The van der Waals surface area contributed by atoms with Crippen molar-refractivity contribution in [2.24, 2.45) is 11.7 Å². The molecule has 0 aromatic carbocycles. The predicted molar refractivity (Wildman–Crippen MR) is 48.1 cm³/mol. The van der Waals surface area contributed by atoms with E-state index in [0.717, 1.165) is 0 Å². The molecule has 0 rings (SSSR count). The maximum Gasteiger partial charge on any atom is 0.326 e. The lowest BCUT2D eigenvalue weighted by Crippen LogP contribution is -2.47. The van der Waals surface area contributed by atoms with E-state index in [1.165, 1.54) is 0 Å². The second kappa shape index (κ2) is 5.53. The maximum absolute atomic E-state index is 10.8. The van der Waals surface area contributed by atoms with Crippen LogP contribution in [0.25, 0.3) is 0 Å². The smallest absolute Gasteiger partial charge is 0.326 e. The van der Waals surface area contributed by atoms with Gasteiger partial charge in [-0.15, -0.1) is 0 Å². The Labute approximate surface area is 77.3 Å². The van der Waals surface area contributed by atoms with Crippen LogP contribution in [0.15, 0.2) is 0 Å². The van der Waals surface area contributed by atoms with E-state index in [1.807, 2.05) is 6.92 Å². The van der Waals surface area contributed by atoms with Gasteiger partial charge in [-0.05, 0) is 5.92 Å². The van der Waals surface area contributed by atoms with Gasteiger partial charge in [-0.2, -0.15) is 0 Å². The molecule has 2 atom stereocenters. The number of nitrogens with one attached hydrogen (secondary N) is 1. The van der Waals surface area contributed by atoms with E-state index in [-0.39, 0.29) is 12.5 Å². The lowest BCUT2D eigenvalue weighted by Gasteiger charge is -2.19. The maximum atomic E-state index is 10.8. The van der Waals surface area contributed by atoms with E-state index in [9.17, 15) is 9.59 Å². The highest BCUT2D eigenvalue weighted by Crippen LogP contribution is 2.07. The van der Waals surface area contributed by atoms with Gasteiger partial charge in [0.25, 0.3) is 0 Å². The van der Waals surface area contributed by atoms with Crippen molar-refractivity contribution >= 4 is 11.9 Å². The van der Waals surface area contributed by atoms with Crippen LogP contribution >= 0.6 is 0 Å². The minimum atomic E-state index is -1.02. The Bertz CT molecular complexity index is 194. The zero-order valence-corrected chi connectivity index (χ0v) is 7.91. The second-order valence-corrected chi connectivity index (χ2v) is 2.97. The molecule has 0 fully saturated rings. The third kappa shape index (κ3) is 3.89. The summed E-state index contributed by atoms with van der Waals surface area (Å²) in [5, 5.41) is 11.1. The van der Waals surface area contributed by atoms with Crippen LogP contribution in [0.3, 0.4) is 0 Å². The van der Waals surface area contributed by atoms with Crippen molar-refractivity contribution < 1.29 is 14.7 Å². The third-order valence-electron chi connectivity index (χ3n) is 1.98. The van der Waals surface area contributed by atoms with Gasteiger partial charge in [-0.1, -0.05) is 20.3 Å². The molecule has 0 aromatic rings. The van der Waals surface area contributed by atoms with E-state index in [1.54, 1.807) is 6.92 Å².